The van der Waals surface area contributed by atoms with Crippen LogP contribution in [0, 0.1) is 18.3 Å². The first-order chi connectivity index (χ1) is 12.5. The molecule has 0 fully saturated rings. The molecule has 0 atom stereocenters. The van der Waals surface area contributed by atoms with Crippen molar-refractivity contribution in [1.82, 2.24) is 4.98 Å². The van der Waals surface area contributed by atoms with Gasteiger partial charge in [0.15, 0.2) is 11.5 Å². The summed E-state index contributed by atoms with van der Waals surface area (Å²) in [4.78, 5) is 4.33. The molecule has 0 bridgehead atoms. The van der Waals surface area contributed by atoms with Gasteiger partial charge < -0.3 is 15.6 Å². The van der Waals surface area contributed by atoms with E-state index in [1.54, 1.807) is 12.1 Å². The van der Waals surface area contributed by atoms with E-state index in [0.717, 1.165) is 11.1 Å². The largest absolute Gasteiger partial charge is 0.504 e. The number of aryl methyl sites for hydroxylation is 1. The molecule has 1 aromatic heterocycles. The van der Waals surface area contributed by atoms with Crippen LogP contribution in [0.25, 0.3) is 22.3 Å². The van der Waals surface area contributed by atoms with Crippen LogP contribution in [0.15, 0.2) is 46.9 Å². The Labute approximate surface area is 159 Å². The zero-order valence-corrected chi connectivity index (χ0v) is 15.8. The van der Waals surface area contributed by atoms with Crippen LogP contribution in [0.3, 0.4) is 0 Å². The van der Waals surface area contributed by atoms with E-state index in [-0.39, 0.29) is 17.1 Å². The topological polar surface area (TPSA) is 92.2 Å². The third-order valence-electron chi connectivity index (χ3n) is 4.11. The molecular formula is C20H16BrN3O2. The number of nitrogens with two attached hydrogens (primary N) is 1. The highest BCUT2D eigenvalue weighted by Crippen LogP contribution is 2.46. The van der Waals surface area contributed by atoms with Gasteiger partial charge in [0, 0.05) is 26.9 Å². The van der Waals surface area contributed by atoms with E-state index in [4.69, 9.17) is 10.5 Å². The maximum Gasteiger partial charge on any atom is 0.165 e. The summed E-state index contributed by atoms with van der Waals surface area (Å²) in [5.74, 6) is 0.359. The molecular weight excluding hydrogens is 394 g/mol. The Morgan fingerprint density at radius 2 is 1.88 bits per heavy atom. The Balaban J connectivity index is 2.49. The smallest absolute Gasteiger partial charge is 0.165 e. The van der Waals surface area contributed by atoms with Crippen LogP contribution in [0.5, 0.6) is 11.5 Å². The summed E-state index contributed by atoms with van der Waals surface area (Å²) in [6.45, 7) is 1.83. The minimum atomic E-state index is -0.0608. The van der Waals surface area contributed by atoms with Crippen molar-refractivity contribution in [3.05, 3.63) is 58.2 Å². The lowest BCUT2D eigenvalue weighted by Crippen LogP contribution is -2.03. The normalized spacial score (nSPS) is 10.4. The number of nitrogen functional groups attached to an aromatic ring is 1. The lowest BCUT2D eigenvalue weighted by molar-refractivity contribution is 0.374. The van der Waals surface area contributed by atoms with Crippen molar-refractivity contribution in [3.63, 3.8) is 0 Å². The second-order valence-corrected chi connectivity index (χ2v) is 6.61. The van der Waals surface area contributed by atoms with Crippen molar-refractivity contribution in [2.24, 2.45) is 0 Å². The number of pyridine rings is 1. The number of phenolic OH excluding ortho intramolecular Hbond substituents is 1. The molecule has 2 aromatic carbocycles. The van der Waals surface area contributed by atoms with Crippen LogP contribution in [-0.2, 0) is 0 Å². The average Bonchev–Trinajstić information content (AvgIpc) is 2.63. The Hall–Kier alpha value is -3.04. The number of aromatic hydroxyl groups is 1. The molecule has 0 amide bonds. The van der Waals surface area contributed by atoms with Gasteiger partial charge >= 0.3 is 0 Å². The maximum atomic E-state index is 10.7. The summed E-state index contributed by atoms with van der Waals surface area (Å²) in [6, 6.07) is 15.1. The molecule has 0 radical (unpaired) electrons. The number of phenols is 1. The predicted molar refractivity (Wildman–Crippen MR) is 105 cm³/mol. The molecule has 6 heteroatoms. The summed E-state index contributed by atoms with van der Waals surface area (Å²) in [5.41, 5.74) is 9.49. The summed E-state index contributed by atoms with van der Waals surface area (Å²) in [5, 5.41) is 20.4. The van der Waals surface area contributed by atoms with Crippen LogP contribution < -0.4 is 10.5 Å². The van der Waals surface area contributed by atoms with Gasteiger partial charge in [-0.25, -0.2) is 4.98 Å². The third kappa shape index (κ3) is 2.98. The van der Waals surface area contributed by atoms with Crippen molar-refractivity contribution < 1.29 is 9.84 Å². The first-order valence-corrected chi connectivity index (χ1v) is 8.59. The lowest BCUT2D eigenvalue weighted by Gasteiger charge is -2.18. The van der Waals surface area contributed by atoms with E-state index >= 15 is 0 Å². The van der Waals surface area contributed by atoms with Crippen LogP contribution in [-0.4, -0.2) is 17.2 Å². The number of benzene rings is 2. The molecule has 0 spiro atoms. The minimum Gasteiger partial charge on any atom is -0.504 e. The number of aromatic nitrogens is 1. The third-order valence-corrected chi connectivity index (χ3v) is 4.57. The second-order valence-electron chi connectivity index (χ2n) is 5.69. The number of methoxy groups -OCH3 is 1. The van der Waals surface area contributed by atoms with E-state index in [2.05, 4.69) is 27.0 Å². The molecule has 3 aromatic rings. The van der Waals surface area contributed by atoms with Gasteiger partial charge in [0.25, 0.3) is 0 Å². The first kappa shape index (κ1) is 17.8. The van der Waals surface area contributed by atoms with E-state index in [1.807, 2.05) is 37.3 Å². The number of hydrogen-bond donors (Lipinski definition) is 2. The number of nitriles is 1. The number of halogens is 1. The van der Waals surface area contributed by atoms with Gasteiger partial charge in [-0.15, -0.1) is 0 Å². The van der Waals surface area contributed by atoms with Crippen molar-refractivity contribution >= 4 is 21.7 Å². The molecule has 3 rings (SSSR count). The summed E-state index contributed by atoms with van der Waals surface area (Å²) >= 11 is 3.43. The van der Waals surface area contributed by atoms with Crippen LogP contribution in [0.4, 0.5) is 5.82 Å². The summed E-state index contributed by atoms with van der Waals surface area (Å²) < 4.78 is 5.96. The highest BCUT2D eigenvalue weighted by molar-refractivity contribution is 9.10. The SMILES string of the molecule is COc1cc(Br)cc(-c2c(C#N)c(N)nc(C)c2-c2ccccc2)c1O. The number of nitrogens with zero attached hydrogens (tertiary/aromatic N) is 2. The van der Waals surface area contributed by atoms with E-state index in [1.165, 1.54) is 7.11 Å². The quantitative estimate of drug-likeness (QED) is 0.656. The monoisotopic (exact) mass is 409 g/mol. The van der Waals surface area contributed by atoms with E-state index < -0.39 is 0 Å². The fraction of sp³-hybridized carbons (Fsp3) is 0.100. The van der Waals surface area contributed by atoms with Crippen molar-refractivity contribution in [3.8, 4) is 39.8 Å². The Morgan fingerprint density at radius 3 is 2.50 bits per heavy atom. The molecule has 1 heterocycles. The number of hydrogen-bond acceptors (Lipinski definition) is 5. The minimum absolute atomic E-state index is 0.0608. The Morgan fingerprint density at radius 1 is 1.19 bits per heavy atom. The van der Waals surface area contributed by atoms with Crippen LogP contribution in [0.2, 0.25) is 0 Å². The maximum absolute atomic E-state index is 10.7. The van der Waals surface area contributed by atoms with Gasteiger partial charge in [0.2, 0.25) is 0 Å². The van der Waals surface area contributed by atoms with Gasteiger partial charge in [-0.05, 0) is 24.6 Å². The zero-order chi connectivity index (χ0) is 18.8. The highest BCUT2D eigenvalue weighted by Gasteiger charge is 2.23. The van der Waals surface area contributed by atoms with E-state index in [9.17, 15) is 10.4 Å². The summed E-state index contributed by atoms with van der Waals surface area (Å²) in [7, 11) is 1.47. The highest BCUT2D eigenvalue weighted by atomic mass is 79.9. The van der Waals surface area contributed by atoms with Crippen LogP contribution in [0.1, 0.15) is 11.3 Å². The molecule has 26 heavy (non-hydrogen) atoms. The predicted octanol–water partition coefficient (Wildman–Crippen LogP) is 4.65. The fourth-order valence-corrected chi connectivity index (χ4v) is 3.42. The first-order valence-electron chi connectivity index (χ1n) is 7.80. The number of rotatable bonds is 3. The standard InChI is InChI=1S/C20H16BrN3O2/c1-11-17(12-6-4-3-5-7-12)18(15(10-22)20(23)24-11)14-8-13(21)9-16(26-2)19(14)25/h3-9,25H,1-2H3,(H2,23,24). The lowest BCUT2D eigenvalue weighted by atomic mass is 9.89. The molecule has 0 saturated carbocycles. The van der Waals surface area contributed by atoms with Gasteiger partial charge in [-0.1, -0.05) is 46.3 Å². The molecule has 0 aliphatic rings. The fourth-order valence-electron chi connectivity index (χ4n) is 2.99. The molecule has 3 N–H and O–H groups in total. The average molecular weight is 410 g/mol. The van der Waals surface area contributed by atoms with Crippen molar-refractivity contribution in [1.29, 1.82) is 5.26 Å². The van der Waals surface area contributed by atoms with Gasteiger partial charge in [-0.2, -0.15) is 5.26 Å². The van der Waals surface area contributed by atoms with E-state index in [0.29, 0.717) is 27.0 Å². The molecule has 0 aliphatic carbocycles. The summed E-state index contributed by atoms with van der Waals surface area (Å²) in [6.07, 6.45) is 0. The van der Waals surface area contributed by atoms with Crippen molar-refractivity contribution in [2.75, 3.05) is 12.8 Å². The molecule has 5 nitrogen and oxygen atoms in total. The Kier molecular flexibility index (Phi) is 4.83. The molecule has 130 valence electrons. The zero-order valence-electron chi connectivity index (χ0n) is 14.2. The van der Waals surface area contributed by atoms with Crippen molar-refractivity contribution in [2.45, 2.75) is 6.92 Å². The molecule has 0 aliphatic heterocycles. The second kappa shape index (κ2) is 7.06. The Bertz CT molecular complexity index is 1030. The van der Waals surface area contributed by atoms with Gasteiger partial charge in [0.05, 0.1) is 7.11 Å². The van der Waals surface area contributed by atoms with Gasteiger partial charge in [-0.3, -0.25) is 0 Å². The molecule has 0 saturated heterocycles. The van der Waals surface area contributed by atoms with Crippen LogP contribution >= 0.6 is 15.9 Å². The number of anilines is 1. The number of ether oxygens (including phenoxy) is 1. The van der Waals surface area contributed by atoms with Gasteiger partial charge in [0.1, 0.15) is 17.5 Å². The molecule has 0 unspecified atom stereocenters.